The van der Waals surface area contributed by atoms with Gasteiger partial charge in [-0.1, -0.05) is 209 Å². The first kappa shape index (κ1) is 55.6. The van der Waals surface area contributed by atoms with E-state index in [1.54, 1.807) is 0 Å². The minimum absolute atomic E-state index is 0.0565. The highest BCUT2D eigenvalue weighted by Gasteiger charge is 2.32. The Balaban J connectivity index is 1.33. The van der Waals surface area contributed by atoms with Crippen molar-refractivity contribution in [2.45, 2.75) is 222 Å². The highest BCUT2D eigenvalue weighted by molar-refractivity contribution is 7.49. The maximum absolute atomic E-state index is 7.41. The molecule has 0 bridgehead atoms. The van der Waals surface area contributed by atoms with Crippen LogP contribution in [0, 0.1) is 0 Å². The second kappa shape index (κ2) is 18.5. The van der Waals surface area contributed by atoms with Gasteiger partial charge in [0.1, 0.15) is 22.3 Å². The van der Waals surface area contributed by atoms with Gasteiger partial charge in [0, 0.05) is 49.1 Å². The molecule has 0 fully saturated rings. The van der Waals surface area contributed by atoms with Gasteiger partial charge < -0.3 is 16.8 Å². The van der Waals surface area contributed by atoms with Crippen molar-refractivity contribution < 1.29 is 16.8 Å². The van der Waals surface area contributed by atoms with Gasteiger partial charge in [0.15, 0.2) is 0 Å². The monoisotopic (exact) mass is 1030 g/mol. The molecular weight excluding hydrogens is 943 g/mol. The summed E-state index contributed by atoms with van der Waals surface area (Å²) in [6, 6.07) is 28.1. The average molecular weight is 1030 g/mol. The van der Waals surface area contributed by atoms with E-state index in [0.717, 1.165) is 62.0 Å². The predicted octanol–water partition coefficient (Wildman–Crippen LogP) is 23.0. The second-order valence-electron chi connectivity index (χ2n) is 29.9. The van der Waals surface area contributed by atoms with Crippen LogP contribution in [0.3, 0.4) is 0 Å². The summed E-state index contributed by atoms with van der Waals surface area (Å²) in [5.74, 6) is 0. The lowest BCUT2D eigenvalue weighted by Gasteiger charge is -2.27. The van der Waals surface area contributed by atoms with Crippen molar-refractivity contribution in [1.29, 1.82) is 0 Å². The van der Waals surface area contributed by atoms with Crippen molar-refractivity contribution in [3.63, 3.8) is 0 Å². The maximum atomic E-state index is 7.41. The summed E-state index contributed by atoms with van der Waals surface area (Å²) in [7, 11) is -3.05. The van der Waals surface area contributed by atoms with E-state index < -0.39 is 16.0 Å². The number of hydrogen-bond donors (Lipinski definition) is 0. The summed E-state index contributed by atoms with van der Waals surface area (Å²) in [6.07, 6.45) is 6.31. The van der Waals surface area contributed by atoms with Crippen LogP contribution in [-0.4, -0.2) is 0 Å². The van der Waals surface area contributed by atoms with Gasteiger partial charge in [0.2, 0.25) is 8.01 Å². The van der Waals surface area contributed by atoms with Crippen molar-refractivity contribution in [1.82, 2.24) is 0 Å². The van der Waals surface area contributed by atoms with Gasteiger partial charge in [-0.05, 0) is 132 Å². The molecule has 1 aliphatic rings. The van der Waals surface area contributed by atoms with E-state index in [4.69, 9.17) is 16.8 Å². The summed E-state index contributed by atoms with van der Waals surface area (Å²) in [4.78, 5) is 0. The quantitative estimate of drug-likeness (QED) is 0.177. The Morgan fingerprint density at radius 3 is 0.838 bits per heavy atom. The maximum Gasteiger partial charge on any atom is 0.252 e. The molecule has 74 heavy (non-hydrogen) atoms. The summed E-state index contributed by atoms with van der Waals surface area (Å²) in [5.41, 5.74) is 15.4. The summed E-state index contributed by atoms with van der Waals surface area (Å²) in [6.45, 7) is 55.4. The third kappa shape index (κ3) is 11.1. The zero-order chi connectivity index (χ0) is 54.8. The van der Waals surface area contributed by atoms with Crippen molar-refractivity contribution >= 4 is 70.8 Å². The first-order valence-electron chi connectivity index (χ1n) is 27.3. The minimum Gasteiger partial charge on any atom is -0.416 e. The number of rotatable bonds is 3. The normalized spacial score (nSPS) is 14.8. The van der Waals surface area contributed by atoms with Gasteiger partial charge in [-0.3, -0.25) is 0 Å². The molecule has 4 nitrogen and oxygen atoms in total. The van der Waals surface area contributed by atoms with Crippen LogP contribution >= 0.6 is 16.0 Å². The van der Waals surface area contributed by atoms with E-state index in [2.05, 4.69) is 251 Å². The van der Waals surface area contributed by atoms with Crippen molar-refractivity contribution in [2.24, 2.45) is 0 Å². The smallest absolute Gasteiger partial charge is 0.252 e. The van der Waals surface area contributed by atoms with Crippen LogP contribution in [0.1, 0.15) is 229 Å². The fourth-order valence-electron chi connectivity index (χ4n) is 10.1. The molecule has 0 radical (unpaired) electrons. The van der Waals surface area contributed by atoms with E-state index in [1.165, 1.54) is 61.0 Å². The lowest BCUT2D eigenvalue weighted by atomic mass is 9.77. The summed E-state index contributed by atoms with van der Waals surface area (Å²) in [5, 5.41) is 6.76. The molecule has 0 unspecified atom stereocenters. The minimum atomic E-state index is -1.56. The van der Waals surface area contributed by atoms with Crippen LogP contribution in [0.5, 0.6) is 0 Å². The fourth-order valence-corrected chi connectivity index (χ4v) is 12.9. The molecule has 0 saturated heterocycles. The number of fused-ring (bicyclic) bond motifs is 6. The van der Waals surface area contributed by atoms with Gasteiger partial charge in [-0.15, -0.1) is 0 Å². The number of allylic oxidation sites excluding steroid dienone is 4. The van der Waals surface area contributed by atoms with Gasteiger partial charge in [-0.25, -0.2) is 0 Å². The molecule has 396 valence electrons. The highest BCUT2D eigenvalue weighted by Crippen LogP contribution is 2.53. The first-order valence-corrected chi connectivity index (χ1v) is 29.7. The topological polar surface area (TPSA) is 52.6 Å². The van der Waals surface area contributed by atoms with Crippen molar-refractivity contribution in [3.05, 3.63) is 135 Å². The summed E-state index contributed by atoms with van der Waals surface area (Å²) < 4.78 is 29.5. The molecule has 0 spiro atoms. The van der Waals surface area contributed by atoms with Gasteiger partial charge in [-0.2, -0.15) is 0 Å². The molecule has 5 aromatic carbocycles. The third-order valence-electron chi connectivity index (χ3n) is 15.1. The molecule has 1 aliphatic carbocycles. The molecule has 6 heteroatoms. The Labute approximate surface area is 448 Å². The molecule has 2 aromatic heterocycles. The van der Waals surface area contributed by atoms with E-state index in [1.807, 2.05) is 0 Å². The lowest BCUT2D eigenvalue weighted by Crippen LogP contribution is -2.17. The van der Waals surface area contributed by atoms with Gasteiger partial charge >= 0.3 is 0 Å². The Morgan fingerprint density at radius 1 is 0.311 bits per heavy atom. The molecule has 0 saturated carbocycles. The van der Waals surface area contributed by atoms with Crippen LogP contribution in [0.15, 0.2) is 102 Å². The predicted molar refractivity (Wildman–Crippen MR) is 325 cm³/mol. The van der Waals surface area contributed by atoms with Gasteiger partial charge in [0.25, 0.3) is 8.01 Å². The molecule has 0 amide bonds. The molecular formula is C68H90O4P2. The van der Waals surface area contributed by atoms with Crippen LogP contribution < -0.4 is 0 Å². The molecule has 0 atom stereocenters. The second-order valence-corrected chi connectivity index (χ2v) is 32.7. The van der Waals surface area contributed by atoms with Crippen LogP contribution in [0.25, 0.3) is 60.1 Å². The zero-order valence-corrected chi connectivity index (χ0v) is 51.8. The largest absolute Gasteiger partial charge is 0.416 e. The Bertz CT molecular complexity index is 3290. The molecule has 7 aromatic rings. The average Bonchev–Trinajstić information content (AvgIpc) is 3.53. The van der Waals surface area contributed by atoms with E-state index in [9.17, 15) is 0 Å². The van der Waals surface area contributed by atoms with Crippen LogP contribution in [-0.2, 0) is 43.3 Å². The standard InChI is InChI=1S/C68H90O4P2/c1-61(2,3)43-33-49-50-34-44(62(4,5)6)38-54(66(16,17)18)58(50)70-73(69-57(49)53(37-43)65(13,14)15)47-29-25-41(26-30-47)42-27-31-48(32-28-42)74-71-59-51(35-45(63(7,8)9)39-55(59)67(19,20)21)52-36-46(64(10,11)12)40-56(60(52)72-74)68(22,23)24/h25-27,29-31,33-40H,28,32H2,1-24H3. The Kier molecular flexibility index (Phi) is 13.9. The van der Waals surface area contributed by atoms with Crippen LogP contribution in [0.4, 0.5) is 0 Å². The molecule has 0 N–H and O–H groups in total. The van der Waals surface area contributed by atoms with E-state index in [0.29, 0.717) is 0 Å². The highest BCUT2D eigenvalue weighted by atomic mass is 31.1. The molecule has 0 aliphatic heterocycles. The number of hydrogen-bond acceptors (Lipinski definition) is 4. The third-order valence-corrected chi connectivity index (χ3v) is 18.1. The first-order chi connectivity index (χ1) is 33.7. The Morgan fingerprint density at radius 2 is 0.595 bits per heavy atom. The van der Waals surface area contributed by atoms with E-state index in [-0.39, 0.29) is 43.3 Å². The zero-order valence-electron chi connectivity index (χ0n) is 50.0. The summed E-state index contributed by atoms with van der Waals surface area (Å²) >= 11 is 0. The lowest BCUT2D eigenvalue weighted by molar-refractivity contribution is 0.555. The molecule has 8 rings (SSSR count). The van der Waals surface area contributed by atoms with Crippen molar-refractivity contribution in [2.75, 3.05) is 0 Å². The Hall–Kier alpha value is -4.62. The SMILES string of the molecule is CC(C)(C)c1cc(C(C)(C)C)c2op(C3=CC=C(c4ccc(-p5oc6c(C(C)(C)C)cc(C(C)(C)C)cc6c6cc(C(C)(C)C)cc(C(C)(C)C)c6o5)cc4)CC3)oc3c(C(C)(C)C)cc(C(C)(C)C)cc3c2c1. The van der Waals surface area contributed by atoms with Crippen LogP contribution in [0.2, 0.25) is 0 Å². The fraction of sp³-hybridized carbons (Fsp3) is 0.500. The van der Waals surface area contributed by atoms with Crippen molar-refractivity contribution in [3.8, 4) is 5.30 Å². The van der Waals surface area contributed by atoms with Gasteiger partial charge in [0.05, 0.1) is 5.30 Å². The molecule has 2 heterocycles. The van der Waals surface area contributed by atoms with E-state index >= 15 is 0 Å². The number of benzene rings is 5.